The zero-order valence-electron chi connectivity index (χ0n) is 10.6. The second kappa shape index (κ2) is 6.81. The minimum absolute atomic E-state index is 0.0134. The van der Waals surface area contributed by atoms with Gasteiger partial charge in [-0.05, 0) is 36.3 Å². The monoisotopic (exact) mass is 265 g/mol. The Morgan fingerprint density at radius 1 is 1.44 bits per heavy atom. The fourth-order valence-corrected chi connectivity index (χ4v) is 2.62. The van der Waals surface area contributed by atoms with Crippen molar-refractivity contribution >= 4 is 17.7 Å². The highest BCUT2D eigenvalue weighted by molar-refractivity contribution is 7.99. The molecule has 1 aromatic rings. The predicted molar refractivity (Wildman–Crippen MR) is 73.7 cm³/mol. The van der Waals surface area contributed by atoms with Crippen LogP contribution in [0.5, 0.6) is 0 Å². The Kier molecular flexibility index (Phi) is 5.08. The first-order valence-corrected chi connectivity index (χ1v) is 7.39. The molecule has 18 heavy (non-hydrogen) atoms. The first kappa shape index (κ1) is 13.4. The number of amides is 1. The maximum Gasteiger partial charge on any atom is 0.249 e. The van der Waals surface area contributed by atoms with Crippen LogP contribution in [0.15, 0.2) is 29.2 Å². The molecule has 1 aliphatic heterocycles. The van der Waals surface area contributed by atoms with Gasteiger partial charge in [0.25, 0.3) is 0 Å². The van der Waals surface area contributed by atoms with Crippen molar-refractivity contribution in [2.24, 2.45) is 0 Å². The molecule has 1 aliphatic rings. The van der Waals surface area contributed by atoms with E-state index in [4.69, 9.17) is 4.74 Å². The van der Waals surface area contributed by atoms with Crippen molar-refractivity contribution in [3.05, 3.63) is 29.8 Å². The van der Waals surface area contributed by atoms with Gasteiger partial charge in [0.1, 0.15) is 6.10 Å². The van der Waals surface area contributed by atoms with Gasteiger partial charge in [-0.1, -0.05) is 19.1 Å². The molecule has 0 bridgehead atoms. The fourth-order valence-electron chi connectivity index (χ4n) is 1.96. The van der Waals surface area contributed by atoms with Gasteiger partial charge in [-0.3, -0.25) is 4.79 Å². The summed E-state index contributed by atoms with van der Waals surface area (Å²) in [5.74, 6) is 1.09. The number of carbonyl (C=O) groups is 1. The molecule has 98 valence electrons. The lowest BCUT2D eigenvalue weighted by atomic mass is 10.2. The molecule has 4 heteroatoms. The third kappa shape index (κ3) is 3.75. The summed E-state index contributed by atoms with van der Waals surface area (Å²) in [6, 6.07) is 8.32. The number of benzene rings is 1. The lowest BCUT2D eigenvalue weighted by Gasteiger charge is -2.10. The Hall–Kier alpha value is -1.00. The molecule has 1 saturated heterocycles. The molecular formula is C14H19NO2S. The van der Waals surface area contributed by atoms with Crippen molar-refractivity contribution in [1.29, 1.82) is 0 Å². The Bertz CT molecular complexity index is 385. The molecule has 0 spiro atoms. The highest BCUT2D eigenvalue weighted by atomic mass is 32.2. The number of hydrogen-bond donors (Lipinski definition) is 1. The molecule has 3 nitrogen and oxygen atoms in total. The first-order chi connectivity index (χ1) is 8.79. The predicted octanol–water partition coefficient (Wildman–Crippen LogP) is 2.59. The van der Waals surface area contributed by atoms with Crippen molar-refractivity contribution in [1.82, 2.24) is 5.32 Å². The number of carbonyl (C=O) groups excluding carboxylic acids is 1. The van der Waals surface area contributed by atoms with E-state index < -0.39 is 0 Å². The summed E-state index contributed by atoms with van der Waals surface area (Å²) in [4.78, 5) is 13.0. The van der Waals surface area contributed by atoms with Gasteiger partial charge in [-0.15, -0.1) is 11.8 Å². The van der Waals surface area contributed by atoms with Crippen LogP contribution in [0.25, 0.3) is 0 Å². The third-order valence-electron chi connectivity index (χ3n) is 2.92. The quantitative estimate of drug-likeness (QED) is 0.832. The van der Waals surface area contributed by atoms with Gasteiger partial charge in [-0.25, -0.2) is 0 Å². The molecule has 0 aromatic heterocycles. The van der Waals surface area contributed by atoms with Crippen LogP contribution in [0.2, 0.25) is 0 Å². The molecule has 0 aliphatic carbocycles. The van der Waals surface area contributed by atoms with Crippen molar-refractivity contribution < 1.29 is 9.53 Å². The second-order valence-electron chi connectivity index (χ2n) is 4.30. The summed E-state index contributed by atoms with van der Waals surface area (Å²) in [5.41, 5.74) is 1.13. The van der Waals surface area contributed by atoms with Crippen LogP contribution >= 0.6 is 11.8 Å². The van der Waals surface area contributed by atoms with Gasteiger partial charge < -0.3 is 10.1 Å². The minimum atomic E-state index is -0.236. The third-order valence-corrected chi connectivity index (χ3v) is 3.82. The summed E-state index contributed by atoms with van der Waals surface area (Å²) in [5, 5.41) is 2.92. The van der Waals surface area contributed by atoms with Crippen LogP contribution in [0.1, 0.15) is 25.3 Å². The summed E-state index contributed by atoms with van der Waals surface area (Å²) >= 11 is 1.82. The van der Waals surface area contributed by atoms with Crippen molar-refractivity contribution in [3.8, 4) is 0 Å². The maximum absolute atomic E-state index is 11.7. The van der Waals surface area contributed by atoms with Gasteiger partial charge in [0, 0.05) is 18.0 Å². The molecule has 1 N–H and O–H groups in total. The fraction of sp³-hybridized carbons (Fsp3) is 0.500. The second-order valence-corrected chi connectivity index (χ2v) is 5.63. The Labute approximate surface area is 112 Å². The van der Waals surface area contributed by atoms with E-state index in [9.17, 15) is 4.79 Å². The molecule has 1 amide bonds. The van der Waals surface area contributed by atoms with Gasteiger partial charge in [-0.2, -0.15) is 0 Å². The van der Waals surface area contributed by atoms with Crippen LogP contribution in [0.3, 0.4) is 0 Å². The van der Waals surface area contributed by atoms with Crippen LogP contribution < -0.4 is 5.32 Å². The molecule has 2 rings (SSSR count). The molecule has 0 saturated carbocycles. The molecule has 1 heterocycles. The summed E-state index contributed by atoms with van der Waals surface area (Å²) in [6.45, 7) is 3.43. The molecule has 1 aromatic carbocycles. The standard InChI is InChI=1S/C14H19NO2S/c1-2-18-12-7-5-11(6-8-12)10-15-14(16)13-4-3-9-17-13/h5-8,13H,2-4,9-10H2,1H3,(H,15,16). The molecule has 1 atom stereocenters. The number of thioether (sulfide) groups is 1. The maximum atomic E-state index is 11.7. The number of rotatable bonds is 5. The van der Waals surface area contributed by atoms with E-state index in [0.717, 1.165) is 24.2 Å². The lowest BCUT2D eigenvalue weighted by Crippen LogP contribution is -2.33. The van der Waals surface area contributed by atoms with E-state index >= 15 is 0 Å². The number of nitrogens with one attached hydrogen (secondary N) is 1. The average molecular weight is 265 g/mol. The zero-order chi connectivity index (χ0) is 12.8. The van der Waals surface area contributed by atoms with Crippen molar-refractivity contribution in [3.63, 3.8) is 0 Å². The largest absolute Gasteiger partial charge is 0.368 e. The normalized spacial score (nSPS) is 18.8. The summed E-state index contributed by atoms with van der Waals surface area (Å²) in [6.07, 6.45) is 1.60. The molecule has 1 fully saturated rings. The van der Waals surface area contributed by atoms with E-state index in [1.165, 1.54) is 4.90 Å². The van der Waals surface area contributed by atoms with Crippen LogP contribution in [0, 0.1) is 0 Å². The summed E-state index contributed by atoms with van der Waals surface area (Å²) < 4.78 is 5.34. The smallest absolute Gasteiger partial charge is 0.249 e. The van der Waals surface area contributed by atoms with Crippen LogP contribution in [-0.2, 0) is 16.1 Å². The van der Waals surface area contributed by atoms with Crippen LogP contribution in [-0.4, -0.2) is 24.4 Å². The zero-order valence-corrected chi connectivity index (χ0v) is 11.5. The van der Waals surface area contributed by atoms with E-state index in [2.05, 4.69) is 36.5 Å². The SMILES string of the molecule is CCSc1ccc(CNC(=O)C2CCCO2)cc1. The minimum Gasteiger partial charge on any atom is -0.368 e. The first-order valence-electron chi connectivity index (χ1n) is 6.40. The van der Waals surface area contributed by atoms with Gasteiger partial charge in [0.15, 0.2) is 0 Å². The van der Waals surface area contributed by atoms with Gasteiger partial charge in [0.2, 0.25) is 5.91 Å². The molecule has 0 radical (unpaired) electrons. The topological polar surface area (TPSA) is 38.3 Å². The van der Waals surface area contributed by atoms with E-state index in [1.807, 2.05) is 11.8 Å². The Balaban J connectivity index is 1.80. The summed E-state index contributed by atoms with van der Waals surface area (Å²) in [7, 11) is 0. The van der Waals surface area contributed by atoms with E-state index in [-0.39, 0.29) is 12.0 Å². The highest BCUT2D eigenvalue weighted by Gasteiger charge is 2.22. The Morgan fingerprint density at radius 3 is 2.83 bits per heavy atom. The van der Waals surface area contributed by atoms with Gasteiger partial charge >= 0.3 is 0 Å². The van der Waals surface area contributed by atoms with Gasteiger partial charge in [0.05, 0.1) is 0 Å². The number of ether oxygens (including phenoxy) is 1. The van der Waals surface area contributed by atoms with E-state index in [1.54, 1.807) is 0 Å². The van der Waals surface area contributed by atoms with Crippen molar-refractivity contribution in [2.75, 3.05) is 12.4 Å². The average Bonchev–Trinajstić information content (AvgIpc) is 2.92. The lowest BCUT2D eigenvalue weighted by molar-refractivity contribution is -0.130. The Morgan fingerprint density at radius 2 is 2.22 bits per heavy atom. The van der Waals surface area contributed by atoms with Crippen LogP contribution in [0.4, 0.5) is 0 Å². The highest BCUT2D eigenvalue weighted by Crippen LogP contribution is 2.18. The van der Waals surface area contributed by atoms with Crippen molar-refractivity contribution in [2.45, 2.75) is 37.3 Å². The van der Waals surface area contributed by atoms with E-state index in [0.29, 0.717) is 13.2 Å². The number of hydrogen-bond acceptors (Lipinski definition) is 3. The molecular weight excluding hydrogens is 246 g/mol. The molecule has 1 unspecified atom stereocenters.